The minimum absolute atomic E-state index is 0.184. The van der Waals surface area contributed by atoms with Crippen LogP contribution in [0.25, 0.3) is 0 Å². The Balaban J connectivity index is 2.36. The van der Waals surface area contributed by atoms with Gasteiger partial charge in [0.05, 0.1) is 11.5 Å². The molecule has 1 aliphatic heterocycles. The lowest BCUT2D eigenvalue weighted by Gasteiger charge is -2.31. The molecule has 0 amide bonds. The topological polar surface area (TPSA) is 39.1 Å². The van der Waals surface area contributed by atoms with Crippen molar-refractivity contribution in [2.75, 3.05) is 32.7 Å². The first-order valence-electron chi connectivity index (χ1n) is 7.41. The van der Waals surface area contributed by atoms with Gasteiger partial charge >= 0.3 is 0 Å². The summed E-state index contributed by atoms with van der Waals surface area (Å²) in [5, 5.41) is 12.6. The average molecular weight is 251 g/mol. The maximum atomic E-state index is 9.08. The molecule has 1 rings (SSSR count). The monoisotopic (exact) mass is 251 g/mol. The smallest absolute Gasteiger partial charge is 0.0684 e. The zero-order valence-electron chi connectivity index (χ0n) is 12.3. The predicted octanol–water partition coefficient (Wildman–Crippen LogP) is 2.64. The van der Waals surface area contributed by atoms with Gasteiger partial charge in [-0.3, -0.25) is 0 Å². The summed E-state index contributed by atoms with van der Waals surface area (Å²) in [7, 11) is 0. The highest BCUT2D eigenvalue weighted by atomic mass is 15.1. The third-order valence-electron chi connectivity index (χ3n) is 3.81. The van der Waals surface area contributed by atoms with Crippen LogP contribution < -0.4 is 5.32 Å². The van der Waals surface area contributed by atoms with Gasteiger partial charge in [0.25, 0.3) is 0 Å². The Morgan fingerprint density at radius 3 is 2.72 bits per heavy atom. The van der Waals surface area contributed by atoms with Crippen molar-refractivity contribution in [1.29, 1.82) is 5.26 Å². The van der Waals surface area contributed by atoms with Crippen molar-refractivity contribution in [3.63, 3.8) is 0 Å². The summed E-state index contributed by atoms with van der Waals surface area (Å²) >= 11 is 0. The molecule has 0 aliphatic carbocycles. The van der Waals surface area contributed by atoms with Gasteiger partial charge < -0.3 is 10.2 Å². The van der Waals surface area contributed by atoms with Crippen molar-refractivity contribution in [1.82, 2.24) is 10.2 Å². The summed E-state index contributed by atoms with van der Waals surface area (Å²) in [6.07, 6.45) is 4.85. The molecule has 0 spiro atoms. The molecule has 0 saturated carbocycles. The zero-order valence-corrected chi connectivity index (χ0v) is 12.3. The van der Waals surface area contributed by atoms with Crippen LogP contribution in [0.5, 0.6) is 0 Å². The van der Waals surface area contributed by atoms with Crippen LogP contribution in [0.1, 0.15) is 46.5 Å². The molecule has 1 atom stereocenters. The van der Waals surface area contributed by atoms with Crippen molar-refractivity contribution < 1.29 is 0 Å². The summed E-state index contributed by atoms with van der Waals surface area (Å²) < 4.78 is 0. The minimum Gasteiger partial charge on any atom is -0.316 e. The standard InChI is InChI=1S/C15H29N3/c1-4-9-18(10-7-15(2,3)13-16)12-14-6-5-8-17-11-14/h14,17H,4-12H2,1-3H3. The van der Waals surface area contributed by atoms with Crippen molar-refractivity contribution in [2.45, 2.75) is 46.5 Å². The normalized spacial score (nSPS) is 20.9. The number of piperidine rings is 1. The van der Waals surface area contributed by atoms with Crippen LogP contribution in [0.4, 0.5) is 0 Å². The van der Waals surface area contributed by atoms with E-state index in [2.05, 4.69) is 23.2 Å². The quantitative estimate of drug-likeness (QED) is 0.756. The highest BCUT2D eigenvalue weighted by molar-refractivity contribution is 4.92. The molecule has 18 heavy (non-hydrogen) atoms. The number of nitrogens with one attached hydrogen (secondary N) is 1. The summed E-state index contributed by atoms with van der Waals surface area (Å²) in [4.78, 5) is 2.55. The number of rotatable bonds is 7. The third kappa shape index (κ3) is 5.84. The van der Waals surface area contributed by atoms with E-state index in [4.69, 9.17) is 5.26 Å². The van der Waals surface area contributed by atoms with Gasteiger partial charge in [-0.05, 0) is 71.6 Å². The Hall–Kier alpha value is -0.590. The second-order valence-corrected chi connectivity index (χ2v) is 6.26. The molecule has 1 fully saturated rings. The van der Waals surface area contributed by atoms with Gasteiger partial charge in [-0.15, -0.1) is 0 Å². The molecule has 0 aromatic carbocycles. The molecular weight excluding hydrogens is 222 g/mol. The molecule has 104 valence electrons. The fourth-order valence-electron chi connectivity index (χ4n) is 2.55. The second-order valence-electron chi connectivity index (χ2n) is 6.26. The van der Waals surface area contributed by atoms with Crippen molar-refractivity contribution in [3.05, 3.63) is 0 Å². The van der Waals surface area contributed by atoms with Crippen molar-refractivity contribution in [2.24, 2.45) is 11.3 Å². The van der Waals surface area contributed by atoms with Crippen LogP contribution in [-0.2, 0) is 0 Å². The lowest BCUT2D eigenvalue weighted by Crippen LogP contribution is -2.39. The SMILES string of the molecule is CCCN(CCC(C)(C)C#N)CC1CCCNC1. The second kappa shape index (κ2) is 7.76. The molecule has 3 nitrogen and oxygen atoms in total. The average Bonchev–Trinajstić information content (AvgIpc) is 2.38. The molecule has 0 bridgehead atoms. The summed E-state index contributed by atoms with van der Waals surface area (Å²) in [6, 6.07) is 2.40. The number of hydrogen-bond acceptors (Lipinski definition) is 3. The summed E-state index contributed by atoms with van der Waals surface area (Å²) in [5.41, 5.74) is -0.184. The molecule has 1 saturated heterocycles. The van der Waals surface area contributed by atoms with E-state index < -0.39 is 0 Å². The third-order valence-corrected chi connectivity index (χ3v) is 3.81. The Labute approximate surface area is 113 Å². The van der Waals surface area contributed by atoms with E-state index >= 15 is 0 Å². The maximum absolute atomic E-state index is 9.08. The highest BCUT2D eigenvalue weighted by Crippen LogP contribution is 2.20. The molecule has 1 heterocycles. The zero-order chi connectivity index (χ0) is 13.4. The van der Waals surface area contributed by atoms with E-state index in [0.29, 0.717) is 0 Å². The lowest BCUT2D eigenvalue weighted by atomic mass is 9.91. The van der Waals surface area contributed by atoms with E-state index in [9.17, 15) is 0 Å². The van der Waals surface area contributed by atoms with E-state index in [-0.39, 0.29) is 5.41 Å². The van der Waals surface area contributed by atoms with Crippen molar-refractivity contribution >= 4 is 0 Å². The minimum atomic E-state index is -0.184. The van der Waals surface area contributed by atoms with Crippen LogP contribution in [-0.4, -0.2) is 37.6 Å². The molecule has 0 aromatic rings. The lowest BCUT2D eigenvalue weighted by molar-refractivity contribution is 0.191. The van der Waals surface area contributed by atoms with E-state index in [0.717, 1.165) is 25.4 Å². The molecule has 1 N–H and O–H groups in total. The van der Waals surface area contributed by atoms with Crippen molar-refractivity contribution in [3.8, 4) is 6.07 Å². The van der Waals surface area contributed by atoms with Gasteiger partial charge in [0.1, 0.15) is 0 Å². The predicted molar refractivity (Wildman–Crippen MR) is 76.3 cm³/mol. The van der Waals surface area contributed by atoms with Crippen LogP contribution in [0.15, 0.2) is 0 Å². The van der Waals surface area contributed by atoms with Gasteiger partial charge in [0.15, 0.2) is 0 Å². The Bertz CT molecular complexity index is 261. The molecule has 0 aromatic heterocycles. The van der Waals surface area contributed by atoms with Crippen LogP contribution >= 0.6 is 0 Å². The summed E-state index contributed by atoms with van der Waals surface area (Å²) in [5.74, 6) is 0.801. The van der Waals surface area contributed by atoms with E-state index in [1.807, 2.05) is 13.8 Å². The first kappa shape index (κ1) is 15.5. The fraction of sp³-hybridized carbons (Fsp3) is 0.933. The first-order chi connectivity index (χ1) is 8.57. The molecule has 1 unspecified atom stereocenters. The first-order valence-corrected chi connectivity index (χ1v) is 7.41. The number of hydrogen-bond donors (Lipinski definition) is 1. The van der Waals surface area contributed by atoms with Gasteiger partial charge in [0, 0.05) is 6.54 Å². The molecule has 1 aliphatic rings. The summed E-state index contributed by atoms with van der Waals surface area (Å²) in [6.45, 7) is 12.1. The highest BCUT2D eigenvalue weighted by Gasteiger charge is 2.20. The van der Waals surface area contributed by atoms with Crippen LogP contribution in [0, 0.1) is 22.7 Å². The molecule has 3 heteroatoms. The number of nitriles is 1. The van der Waals surface area contributed by atoms with Crippen LogP contribution in [0.3, 0.4) is 0 Å². The van der Waals surface area contributed by atoms with Crippen LogP contribution in [0.2, 0.25) is 0 Å². The largest absolute Gasteiger partial charge is 0.316 e. The van der Waals surface area contributed by atoms with E-state index in [1.165, 1.54) is 38.9 Å². The maximum Gasteiger partial charge on any atom is 0.0684 e. The van der Waals surface area contributed by atoms with E-state index in [1.54, 1.807) is 0 Å². The Kier molecular flexibility index (Phi) is 6.67. The van der Waals surface area contributed by atoms with Gasteiger partial charge in [0.2, 0.25) is 0 Å². The Morgan fingerprint density at radius 1 is 1.39 bits per heavy atom. The fourth-order valence-corrected chi connectivity index (χ4v) is 2.55. The van der Waals surface area contributed by atoms with Gasteiger partial charge in [-0.25, -0.2) is 0 Å². The Morgan fingerprint density at radius 2 is 2.17 bits per heavy atom. The van der Waals surface area contributed by atoms with Gasteiger partial charge in [-0.1, -0.05) is 6.92 Å². The van der Waals surface area contributed by atoms with Gasteiger partial charge in [-0.2, -0.15) is 5.26 Å². The molecular formula is C15H29N3. The molecule has 0 radical (unpaired) electrons. The number of nitrogens with zero attached hydrogens (tertiary/aromatic N) is 2.